The van der Waals surface area contributed by atoms with Gasteiger partial charge in [-0.25, -0.2) is 0 Å². The fourth-order valence-electron chi connectivity index (χ4n) is 8.47. The Hall–Kier alpha value is -2.47. The first-order valence-corrected chi connectivity index (χ1v) is 17.0. The monoisotopic (exact) mass is 556 g/mol. The van der Waals surface area contributed by atoms with Crippen molar-refractivity contribution in [1.29, 1.82) is 0 Å². The minimum Gasteiger partial charge on any atom is -0.455 e. The number of fused-ring (bicyclic) bond motifs is 1. The Balaban J connectivity index is 1.49. The molecule has 2 aliphatic heterocycles. The zero-order valence-corrected chi connectivity index (χ0v) is 25.9. The summed E-state index contributed by atoms with van der Waals surface area (Å²) in [4.78, 5) is 12.6. The zero-order chi connectivity index (χ0) is 28.3. The molecule has 2 heterocycles. The van der Waals surface area contributed by atoms with Gasteiger partial charge in [0.05, 0.1) is 12.2 Å². The molecule has 2 aliphatic carbocycles. The number of rotatable bonds is 5. The average molecular weight is 557 g/mol. The summed E-state index contributed by atoms with van der Waals surface area (Å²) in [6.45, 7) is 13.2. The van der Waals surface area contributed by atoms with Crippen LogP contribution in [-0.2, 0) is 18.7 Å². The maximum Gasteiger partial charge on any atom is 0.303 e. The number of esters is 1. The lowest BCUT2D eigenvalue weighted by Crippen LogP contribution is -2.69. The molecular weight excluding hydrogens is 512 g/mol. The van der Waals surface area contributed by atoms with Gasteiger partial charge < -0.3 is 13.9 Å². The molecule has 4 aliphatic rings. The Morgan fingerprint density at radius 3 is 2.12 bits per heavy atom. The van der Waals surface area contributed by atoms with E-state index < -0.39 is 13.9 Å². The van der Waals surface area contributed by atoms with Crippen LogP contribution < -0.4 is 10.4 Å². The molecule has 2 aromatic carbocycles. The second kappa shape index (κ2) is 9.82. The van der Waals surface area contributed by atoms with E-state index in [1.54, 1.807) is 0 Å². The van der Waals surface area contributed by atoms with Crippen LogP contribution in [0.5, 0.6) is 0 Å². The van der Waals surface area contributed by atoms with Crippen molar-refractivity contribution in [3.8, 4) is 0 Å². The van der Waals surface area contributed by atoms with Gasteiger partial charge in [-0.05, 0) is 52.2 Å². The first-order chi connectivity index (χ1) is 19.0. The van der Waals surface area contributed by atoms with Gasteiger partial charge in [0.2, 0.25) is 0 Å². The number of carbonyl (C=O) groups excluding carboxylic acids is 1. The van der Waals surface area contributed by atoms with Gasteiger partial charge >= 0.3 is 5.97 Å². The van der Waals surface area contributed by atoms with Gasteiger partial charge in [-0.1, -0.05) is 107 Å². The predicted octanol–water partition coefficient (Wildman–Crippen LogP) is 6.49. The van der Waals surface area contributed by atoms with Crippen LogP contribution in [0.15, 0.2) is 84.0 Å². The van der Waals surface area contributed by atoms with Crippen LogP contribution in [0.1, 0.15) is 73.6 Å². The molecule has 2 fully saturated rings. The van der Waals surface area contributed by atoms with Crippen LogP contribution >= 0.6 is 0 Å². The molecule has 0 radical (unpaired) electrons. The van der Waals surface area contributed by atoms with E-state index in [9.17, 15) is 4.79 Å². The van der Waals surface area contributed by atoms with Crippen LogP contribution in [-0.4, -0.2) is 38.2 Å². The van der Waals surface area contributed by atoms with Crippen molar-refractivity contribution < 1.29 is 18.7 Å². The van der Waals surface area contributed by atoms with Gasteiger partial charge in [0.15, 0.2) is 6.10 Å². The lowest BCUT2D eigenvalue weighted by molar-refractivity contribution is -0.160. The van der Waals surface area contributed by atoms with Crippen LogP contribution in [0.4, 0.5) is 0 Å². The van der Waals surface area contributed by atoms with E-state index in [1.165, 1.54) is 34.9 Å². The summed E-state index contributed by atoms with van der Waals surface area (Å²) in [5.74, 6) is -0.0994. The molecule has 0 N–H and O–H groups in total. The summed E-state index contributed by atoms with van der Waals surface area (Å²) in [7, 11) is -2.79. The van der Waals surface area contributed by atoms with E-state index in [2.05, 4.69) is 107 Å². The van der Waals surface area contributed by atoms with Crippen molar-refractivity contribution in [1.82, 2.24) is 0 Å². The largest absolute Gasteiger partial charge is 0.455 e. The molecule has 212 valence electrons. The molecule has 2 aromatic rings. The maximum atomic E-state index is 12.6. The Labute approximate surface area is 240 Å². The van der Waals surface area contributed by atoms with E-state index in [0.717, 1.165) is 25.7 Å². The summed E-state index contributed by atoms with van der Waals surface area (Å²) in [6.07, 6.45) is 9.13. The fourth-order valence-corrected chi connectivity index (χ4v) is 13.1. The van der Waals surface area contributed by atoms with E-state index >= 15 is 0 Å². The standard InChI is InChI=1S/C35H44O4Si/c1-24(36)37-31-28-20-14-13-15-25(28)21-22-30-34(5,6)32-29(23-35(30,31)38-32)39-40(33(2,3)4,26-16-9-7-10-17-26)27-18-11-8-12-19-27/h7-12,16-19,21-22,29-32H,13-15,20,23H2,1-6H3/t29-,30-,31-,32-,35+/m0/s1. The third kappa shape index (κ3) is 4.11. The van der Waals surface area contributed by atoms with Crippen molar-refractivity contribution in [2.45, 2.75) is 103 Å². The SMILES string of the molecule is CC(=O)O[C@H]1C2=C(C=C[C@H]3C(C)(C)[C@H]4O[C@@]13C[C@@H]4O[Si](c1ccccc1)(c1ccccc1)C(C)(C)C)CCCC2. The molecule has 5 heteroatoms. The molecule has 0 saturated carbocycles. The van der Waals surface area contributed by atoms with Crippen molar-refractivity contribution in [3.63, 3.8) is 0 Å². The van der Waals surface area contributed by atoms with Crippen LogP contribution in [0.2, 0.25) is 5.04 Å². The highest BCUT2D eigenvalue weighted by atomic mass is 28.4. The van der Waals surface area contributed by atoms with Crippen LogP contribution in [0.25, 0.3) is 0 Å². The molecule has 4 nitrogen and oxygen atoms in total. The second-order valence-electron chi connectivity index (χ2n) is 13.9. The highest BCUT2D eigenvalue weighted by Crippen LogP contribution is 2.63. The van der Waals surface area contributed by atoms with E-state index in [0.29, 0.717) is 0 Å². The highest BCUT2D eigenvalue weighted by molar-refractivity contribution is 6.99. The van der Waals surface area contributed by atoms with E-state index in [-0.39, 0.29) is 40.7 Å². The lowest BCUT2D eigenvalue weighted by atomic mass is 9.60. The Kier molecular flexibility index (Phi) is 6.79. The molecule has 0 aromatic heterocycles. The van der Waals surface area contributed by atoms with Crippen LogP contribution in [0, 0.1) is 11.3 Å². The molecule has 40 heavy (non-hydrogen) atoms. The van der Waals surface area contributed by atoms with Gasteiger partial charge in [0, 0.05) is 24.7 Å². The first-order valence-electron chi connectivity index (χ1n) is 15.0. The number of hydrogen-bond acceptors (Lipinski definition) is 4. The third-order valence-electron chi connectivity index (χ3n) is 10.1. The Morgan fingerprint density at radius 1 is 0.950 bits per heavy atom. The van der Waals surface area contributed by atoms with Gasteiger partial charge in [0.25, 0.3) is 8.32 Å². The van der Waals surface area contributed by atoms with Gasteiger partial charge in [-0.2, -0.15) is 0 Å². The van der Waals surface area contributed by atoms with E-state index in [1.807, 2.05) is 0 Å². The minimum absolute atomic E-state index is 0.104. The minimum atomic E-state index is -2.79. The normalized spacial score (nSPS) is 30.9. The predicted molar refractivity (Wildman–Crippen MR) is 162 cm³/mol. The van der Waals surface area contributed by atoms with E-state index in [4.69, 9.17) is 13.9 Å². The molecule has 5 atom stereocenters. The number of carbonyl (C=O) groups is 1. The Bertz CT molecular complexity index is 1280. The van der Waals surface area contributed by atoms with Crippen molar-refractivity contribution in [3.05, 3.63) is 84.0 Å². The number of ether oxygens (including phenoxy) is 2. The van der Waals surface area contributed by atoms with Gasteiger partial charge in [-0.15, -0.1) is 0 Å². The highest BCUT2D eigenvalue weighted by Gasteiger charge is 2.72. The number of benzene rings is 2. The molecular formula is C35H44O4Si. The lowest BCUT2D eigenvalue weighted by Gasteiger charge is -2.49. The number of hydrogen-bond donors (Lipinski definition) is 0. The Morgan fingerprint density at radius 2 is 1.55 bits per heavy atom. The topological polar surface area (TPSA) is 44.8 Å². The zero-order valence-electron chi connectivity index (χ0n) is 24.9. The number of allylic oxidation sites excluding steroid dienone is 2. The molecule has 0 unspecified atom stereocenters. The smallest absolute Gasteiger partial charge is 0.303 e. The second-order valence-corrected chi connectivity index (χ2v) is 18.2. The molecule has 0 amide bonds. The van der Waals surface area contributed by atoms with Crippen molar-refractivity contribution >= 4 is 24.7 Å². The average Bonchev–Trinajstić information content (AvgIpc) is 3.36. The molecule has 1 spiro atoms. The molecule has 2 bridgehead atoms. The summed E-state index contributed by atoms with van der Waals surface area (Å²) in [5.41, 5.74) is 1.80. The summed E-state index contributed by atoms with van der Waals surface area (Å²) in [5, 5.41) is 2.42. The maximum absolute atomic E-state index is 12.6. The molecule has 2 saturated heterocycles. The quantitative estimate of drug-likeness (QED) is 0.312. The summed E-state index contributed by atoms with van der Waals surface area (Å²) >= 11 is 0. The van der Waals surface area contributed by atoms with Gasteiger partial charge in [0.1, 0.15) is 5.60 Å². The summed E-state index contributed by atoms with van der Waals surface area (Å²) < 4.78 is 21.2. The summed E-state index contributed by atoms with van der Waals surface area (Å²) in [6, 6.07) is 21.7. The van der Waals surface area contributed by atoms with Crippen molar-refractivity contribution in [2.24, 2.45) is 11.3 Å². The fraction of sp³-hybridized carbons (Fsp3) is 0.514. The van der Waals surface area contributed by atoms with Gasteiger partial charge in [-0.3, -0.25) is 4.79 Å². The third-order valence-corrected chi connectivity index (χ3v) is 15.2. The van der Waals surface area contributed by atoms with Crippen LogP contribution in [0.3, 0.4) is 0 Å². The first kappa shape index (κ1) is 27.7. The van der Waals surface area contributed by atoms with Crippen molar-refractivity contribution in [2.75, 3.05) is 0 Å². The molecule has 6 rings (SSSR count).